The van der Waals surface area contributed by atoms with Gasteiger partial charge in [-0.05, 0) is 12.8 Å². The van der Waals surface area contributed by atoms with Crippen LogP contribution in [0.15, 0.2) is 11.6 Å². The molecule has 2 rings (SSSR count). The summed E-state index contributed by atoms with van der Waals surface area (Å²) in [5, 5.41) is 3.00. The van der Waals surface area contributed by atoms with E-state index in [1.165, 1.54) is 0 Å². The van der Waals surface area contributed by atoms with Crippen LogP contribution in [0.3, 0.4) is 0 Å². The number of nitrogens with zero attached hydrogens (tertiary/aromatic N) is 1. The smallest absolute Gasteiger partial charge is 0.113 e. The fraction of sp³-hybridized carbons (Fsp3) is 0.625. The Kier molecular flexibility index (Phi) is 1.90. The van der Waals surface area contributed by atoms with Gasteiger partial charge >= 0.3 is 0 Å². The van der Waals surface area contributed by atoms with Gasteiger partial charge in [-0.1, -0.05) is 0 Å². The summed E-state index contributed by atoms with van der Waals surface area (Å²) in [6.07, 6.45) is 3.93. The lowest BCUT2D eigenvalue weighted by Crippen LogP contribution is -2.52. The van der Waals surface area contributed by atoms with Crippen molar-refractivity contribution in [3.05, 3.63) is 16.6 Å². The molecule has 1 fully saturated rings. The lowest BCUT2D eigenvalue weighted by atomic mass is 9.75. The zero-order valence-electron chi connectivity index (χ0n) is 6.99. The molecule has 0 aromatic carbocycles. The molecule has 0 aliphatic heterocycles. The van der Waals surface area contributed by atoms with Gasteiger partial charge in [-0.3, -0.25) is 0 Å². The Hall–Kier alpha value is -0.450. The highest BCUT2D eigenvalue weighted by Crippen LogP contribution is 2.41. The first-order chi connectivity index (χ1) is 5.74. The highest BCUT2D eigenvalue weighted by Gasteiger charge is 2.44. The van der Waals surface area contributed by atoms with Crippen LogP contribution in [0.5, 0.6) is 0 Å². The minimum atomic E-state index is -0.200. The first-order valence-corrected chi connectivity index (χ1v) is 4.84. The molecule has 0 amide bonds. The zero-order valence-corrected chi connectivity index (χ0v) is 7.80. The van der Waals surface area contributed by atoms with Crippen LogP contribution in [0.2, 0.25) is 0 Å². The van der Waals surface area contributed by atoms with Gasteiger partial charge in [-0.15, -0.1) is 11.3 Å². The monoisotopic (exact) mass is 184 g/mol. The maximum atomic E-state index is 6.10. The van der Waals surface area contributed by atoms with Crippen molar-refractivity contribution in [1.82, 2.24) is 4.98 Å². The Labute approximate surface area is 75.6 Å². The van der Waals surface area contributed by atoms with Crippen LogP contribution in [-0.2, 0) is 10.3 Å². The molecule has 0 radical (unpaired) electrons. The van der Waals surface area contributed by atoms with E-state index in [1.807, 2.05) is 5.38 Å². The van der Waals surface area contributed by atoms with Gasteiger partial charge < -0.3 is 10.5 Å². The van der Waals surface area contributed by atoms with Crippen LogP contribution in [0.25, 0.3) is 0 Å². The van der Waals surface area contributed by atoms with E-state index in [0.717, 1.165) is 17.8 Å². The number of aromatic nitrogens is 1. The number of hydrogen-bond donors (Lipinski definition) is 1. The predicted octanol–water partition coefficient (Wildman–Crippen LogP) is 1.11. The van der Waals surface area contributed by atoms with Gasteiger partial charge in [0, 0.05) is 18.7 Å². The molecule has 0 unspecified atom stereocenters. The third kappa shape index (κ3) is 1.16. The maximum absolute atomic E-state index is 6.10. The van der Waals surface area contributed by atoms with E-state index in [2.05, 4.69) is 4.98 Å². The molecule has 1 aliphatic carbocycles. The first kappa shape index (κ1) is 8.16. The van der Waals surface area contributed by atoms with E-state index >= 15 is 0 Å². The van der Waals surface area contributed by atoms with E-state index in [1.54, 1.807) is 24.6 Å². The van der Waals surface area contributed by atoms with Gasteiger partial charge in [0.1, 0.15) is 5.01 Å². The SMILES string of the molecule is COC1CC(N)(c2nccs2)C1. The van der Waals surface area contributed by atoms with Crippen LogP contribution < -0.4 is 5.73 Å². The number of nitrogens with two attached hydrogens (primary N) is 1. The molecule has 1 aromatic heterocycles. The lowest BCUT2D eigenvalue weighted by molar-refractivity contribution is -0.0162. The summed E-state index contributed by atoms with van der Waals surface area (Å²) in [7, 11) is 1.73. The second-order valence-electron chi connectivity index (χ2n) is 3.26. The summed E-state index contributed by atoms with van der Waals surface area (Å²) in [6, 6.07) is 0. The van der Waals surface area contributed by atoms with Crippen LogP contribution in [0.1, 0.15) is 17.8 Å². The molecule has 0 spiro atoms. The summed E-state index contributed by atoms with van der Waals surface area (Å²) in [5.74, 6) is 0. The number of thiazole rings is 1. The first-order valence-electron chi connectivity index (χ1n) is 3.96. The number of ether oxygens (including phenoxy) is 1. The van der Waals surface area contributed by atoms with E-state index in [-0.39, 0.29) is 5.54 Å². The normalized spacial score (nSPS) is 34.7. The molecule has 1 aliphatic rings. The molecular weight excluding hydrogens is 172 g/mol. The molecule has 1 aromatic rings. The molecular formula is C8H12N2OS. The average Bonchev–Trinajstić information content (AvgIpc) is 2.50. The van der Waals surface area contributed by atoms with Crippen molar-refractivity contribution in [2.45, 2.75) is 24.5 Å². The summed E-state index contributed by atoms with van der Waals surface area (Å²) < 4.78 is 5.18. The maximum Gasteiger partial charge on any atom is 0.113 e. The van der Waals surface area contributed by atoms with Crippen LogP contribution in [-0.4, -0.2) is 18.2 Å². The van der Waals surface area contributed by atoms with Gasteiger partial charge in [0.2, 0.25) is 0 Å². The van der Waals surface area contributed by atoms with Crippen molar-refractivity contribution >= 4 is 11.3 Å². The van der Waals surface area contributed by atoms with E-state index in [4.69, 9.17) is 10.5 Å². The average molecular weight is 184 g/mol. The molecule has 66 valence electrons. The predicted molar refractivity (Wildman–Crippen MR) is 48.0 cm³/mol. The largest absolute Gasteiger partial charge is 0.381 e. The fourth-order valence-corrected chi connectivity index (χ4v) is 2.34. The van der Waals surface area contributed by atoms with Crippen molar-refractivity contribution in [2.75, 3.05) is 7.11 Å². The summed E-state index contributed by atoms with van der Waals surface area (Å²) in [4.78, 5) is 4.22. The molecule has 2 N–H and O–H groups in total. The molecule has 1 heterocycles. The molecule has 1 saturated carbocycles. The van der Waals surface area contributed by atoms with Crippen molar-refractivity contribution in [3.63, 3.8) is 0 Å². The Balaban J connectivity index is 2.07. The van der Waals surface area contributed by atoms with Crippen LogP contribution >= 0.6 is 11.3 Å². The van der Waals surface area contributed by atoms with Gasteiger partial charge in [0.05, 0.1) is 11.6 Å². The lowest BCUT2D eigenvalue weighted by Gasteiger charge is -2.42. The van der Waals surface area contributed by atoms with E-state index in [9.17, 15) is 0 Å². The topological polar surface area (TPSA) is 48.1 Å². The molecule has 0 atom stereocenters. The van der Waals surface area contributed by atoms with E-state index < -0.39 is 0 Å². The molecule has 12 heavy (non-hydrogen) atoms. The van der Waals surface area contributed by atoms with Crippen molar-refractivity contribution in [1.29, 1.82) is 0 Å². The fourth-order valence-electron chi connectivity index (χ4n) is 1.56. The Morgan fingerprint density at radius 1 is 1.75 bits per heavy atom. The van der Waals surface area contributed by atoms with Gasteiger partial charge in [0.25, 0.3) is 0 Å². The highest BCUT2D eigenvalue weighted by atomic mass is 32.1. The van der Waals surface area contributed by atoms with E-state index in [0.29, 0.717) is 6.10 Å². The second-order valence-corrected chi connectivity index (χ2v) is 4.15. The Morgan fingerprint density at radius 3 is 3.00 bits per heavy atom. The molecule has 0 bridgehead atoms. The quantitative estimate of drug-likeness (QED) is 0.749. The summed E-state index contributed by atoms with van der Waals surface area (Å²) in [5.41, 5.74) is 5.90. The zero-order chi connectivity index (χ0) is 8.60. The number of hydrogen-bond acceptors (Lipinski definition) is 4. The van der Waals surface area contributed by atoms with Crippen molar-refractivity contribution in [2.24, 2.45) is 5.73 Å². The third-order valence-electron chi connectivity index (χ3n) is 2.38. The van der Waals surface area contributed by atoms with Crippen LogP contribution in [0, 0.1) is 0 Å². The van der Waals surface area contributed by atoms with Crippen LogP contribution in [0.4, 0.5) is 0 Å². The van der Waals surface area contributed by atoms with Gasteiger partial charge in [-0.25, -0.2) is 4.98 Å². The standard InChI is InChI=1S/C8H12N2OS/c1-11-6-4-8(9,5-6)7-10-2-3-12-7/h2-3,6H,4-5,9H2,1H3. The van der Waals surface area contributed by atoms with Gasteiger partial charge in [0.15, 0.2) is 0 Å². The Bertz CT molecular complexity index is 254. The minimum absolute atomic E-state index is 0.200. The molecule has 4 heteroatoms. The summed E-state index contributed by atoms with van der Waals surface area (Å²) >= 11 is 1.63. The molecule has 3 nitrogen and oxygen atoms in total. The van der Waals surface area contributed by atoms with Crippen molar-refractivity contribution in [3.8, 4) is 0 Å². The molecule has 0 saturated heterocycles. The number of rotatable bonds is 2. The third-order valence-corrected chi connectivity index (χ3v) is 3.37. The highest BCUT2D eigenvalue weighted by molar-refractivity contribution is 7.09. The van der Waals surface area contributed by atoms with Crippen molar-refractivity contribution < 1.29 is 4.74 Å². The number of methoxy groups -OCH3 is 1. The minimum Gasteiger partial charge on any atom is -0.381 e. The van der Waals surface area contributed by atoms with Gasteiger partial charge in [-0.2, -0.15) is 0 Å². The summed E-state index contributed by atoms with van der Waals surface area (Å²) in [6.45, 7) is 0. The Morgan fingerprint density at radius 2 is 2.50 bits per heavy atom. The second kappa shape index (κ2) is 2.80.